The number of benzene rings is 1. The average molecular weight is 268 g/mol. The van der Waals surface area contributed by atoms with Gasteiger partial charge in [-0.2, -0.15) is 11.8 Å². The Morgan fingerprint density at radius 1 is 1.47 bits per heavy atom. The minimum Gasteiger partial charge on any atom is -0.360 e. The summed E-state index contributed by atoms with van der Waals surface area (Å²) in [7, 11) is 0. The Hall–Kier alpha value is -0.810. The molecule has 0 amide bonds. The van der Waals surface area contributed by atoms with Gasteiger partial charge in [-0.15, -0.1) is 0 Å². The van der Waals surface area contributed by atoms with Gasteiger partial charge in [-0.1, -0.05) is 11.3 Å². The number of halogens is 1. The van der Waals surface area contributed by atoms with E-state index >= 15 is 0 Å². The molecule has 2 nitrogen and oxygen atoms in total. The number of fused-ring (bicyclic) bond motifs is 1. The number of nitrogens with one attached hydrogen (secondary N) is 1. The van der Waals surface area contributed by atoms with Crippen LogP contribution in [0.15, 0.2) is 18.2 Å². The number of aromatic nitrogens is 1. The van der Waals surface area contributed by atoms with Crippen molar-refractivity contribution < 1.29 is 4.39 Å². The molecule has 0 spiro atoms. The Labute approximate surface area is 108 Å². The lowest BCUT2D eigenvalue weighted by Crippen LogP contribution is -2.13. The van der Waals surface area contributed by atoms with Crippen molar-refractivity contribution in [2.45, 2.75) is 18.1 Å². The summed E-state index contributed by atoms with van der Waals surface area (Å²) in [5.41, 5.74) is 0.873. The Morgan fingerprint density at radius 2 is 2.41 bits per heavy atom. The molecule has 1 fully saturated rings. The number of thiazole rings is 1. The minimum atomic E-state index is -0.195. The summed E-state index contributed by atoms with van der Waals surface area (Å²) in [6.07, 6.45) is 2.61. The SMILES string of the molecule is Fc1ccc2nc(NCC3CCCS3)sc2c1. The molecule has 17 heavy (non-hydrogen) atoms. The molecule has 0 saturated carbocycles. The fourth-order valence-corrected chi connectivity index (χ4v) is 4.08. The third-order valence-electron chi connectivity index (χ3n) is 2.86. The average Bonchev–Trinajstić information content (AvgIpc) is 2.94. The van der Waals surface area contributed by atoms with Crippen molar-refractivity contribution in [3.63, 3.8) is 0 Å². The molecule has 1 saturated heterocycles. The summed E-state index contributed by atoms with van der Waals surface area (Å²) in [6.45, 7) is 0.965. The summed E-state index contributed by atoms with van der Waals surface area (Å²) in [6, 6.07) is 4.73. The minimum absolute atomic E-state index is 0.195. The fourth-order valence-electron chi connectivity index (χ4n) is 1.98. The summed E-state index contributed by atoms with van der Waals surface area (Å²) in [5, 5.41) is 4.97. The number of thioether (sulfide) groups is 1. The van der Waals surface area contributed by atoms with E-state index in [0.717, 1.165) is 21.9 Å². The van der Waals surface area contributed by atoms with E-state index in [4.69, 9.17) is 0 Å². The van der Waals surface area contributed by atoms with Gasteiger partial charge < -0.3 is 5.32 Å². The van der Waals surface area contributed by atoms with Crippen LogP contribution in [0.25, 0.3) is 10.2 Å². The lowest BCUT2D eigenvalue weighted by molar-refractivity contribution is 0.630. The molecule has 0 aliphatic carbocycles. The third kappa shape index (κ3) is 2.55. The molecule has 2 heterocycles. The van der Waals surface area contributed by atoms with Crippen LogP contribution in [0.5, 0.6) is 0 Å². The van der Waals surface area contributed by atoms with E-state index in [-0.39, 0.29) is 5.82 Å². The first kappa shape index (κ1) is 11.3. The van der Waals surface area contributed by atoms with E-state index in [1.807, 2.05) is 11.8 Å². The summed E-state index contributed by atoms with van der Waals surface area (Å²) >= 11 is 3.55. The zero-order valence-electron chi connectivity index (χ0n) is 9.28. The molecular weight excluding hydrogens is 255 g/mol. The van der Waals surface area contributed by atoms with E-state index in [0.29, 0.717) is 5.25 Å². The zero-order valence-corrected chi connectivity index (χ0v) is 10.9. The van der Waals surface area contributed by atoms with Crippen LogP contribution >= 0.6 is 23.1 Å². The molecule has 1 aliphatic rings. The highest BCUT2D eigenvalue weighted by molar-refractivity contribution is 8.00. The second kappa shape index (κ2) is 4.82. The van der Waals surface area contributed by atoms with Crippen LogP contribution < -0.4 is 5.32 Å². The second-order valence-electron chi connectivity index (χ2n) is 4.15. The standard InChI is InChI=1S/C12H13FN2S2/c13-8-3-4-10-11(6-8)17-12(15-10)14-7-9-2-1-5-16-9/h3-4,6,9H,1-2,5,7H2,(H,14,15). The van der Waals surface area contributed by atoms with Crippen LogP contribution in [-0.4, -0.2) is 22.5 Å². The topological polar surface area (TPSA) is 24.9 Å². The summed E-state index contributed by atoms with van der Waals surface area (Å²) in [5.74, 6) is 1.08. The van der Waals surface area contributed by atoms with Crippen LogP contribution in [0.3, 0.4) is 0 Å². The molecule has 90 valence electrons. The Morgan fingerprint density at radius 3 is 3.24 bits per heavy atom. The second-order valence-corrected chi connectivity index (χ2v) is 6.59. The van der Waals surface area contributed by atoms with Crippen LogP contribution in [0.1, 0.15) is 12.8 Å². The maximum Gasteiger partial charge on any atom is 0.183 e. The number of hydrogen-bond donors (Lipinski definition) is 1. The normalized spacial score (nSPS) is 19.9. The maximum atomic E-state index is 13.0. The first-order valence-corrected chi connectivity index (χ1v) is 7.59. The van der Waals surface area contributed by atoms with Gasteiger partial charge in [0.2, 0.25) is 0 Å². The van der Waals surface area contributed by atoms with Gasteiger partial charge in [0.1, 0.15) is 5.82 Å². The number of anilines is 1. The summed E-state index contributed by atoms with van der Waals surface area (Å²) < 4.78 is 13.9. The van der Waals surface area contributed by atoms with E-state index in [9.17, 15) is 4.39 Å². The van der Waals surface area contributed by atoms with Gasteiger partial charge in [-0.25, -0.2) is 9.37 Å². The van der Waals surface area contributed by atoms with Crippen molar-refractivity contribution in [2.75, 3.05) is 17.6 Å². The molecule has 1 unspecified atom stereocenters. The fraction of sp³-hybridized carbons (Fsp3) is 0.417. The zero-order chi connectivity index (χ0) is 11.7. The molecule has 5 heteroatoms. The molecule has 1 aromatic heterocycles. The smallest absolute Gasteiger partial charge is 0.183 e. The van der Waals surface area contributed by atoms with Crippen molar-refractivity contribution in [1.29, 1.82) is 0 Å². The molecule has 3 rings (SSSR count). The van der Waals surface area contributed by atoms with Crippen molar-refractivity contribution in [3.8, 4) is 0 Å². The molecule has 0 radical (unpaired) electrons. The largest absolute Gasteiger partial charge is 0.360 e. The Kier molecular flexibility index (Phi) is 3.20. The quantitative estimate of drug-likeness (QED) is 0.918. The van der Waals surface area contributed by atoms with Gasteiger partial charge in [-0.3, -0.25) is 0 Å². The highest BCUT2D eigenvalue weighted by Crippen LogP contribution is 2.29. The molecule has 0 bridgehead atoms. The van der Waals surface area contributed by atoms with E-state index < -0.39 is 0 Å². The predicted octanol–water partition coefficient (Wildman–Crippen LogP) is 3.74. The van der Waals surface area contributed by atoms with E-state index in [2.05, 4.69) is 10.3 Å². The summed E-state index contributed by atoms with van der Waals surface area (Å²) in [4.78, 5) is 4.45. The molecule has 1 aromatic carbocycles. The van der Waals surface area contributed by atoms with E-state index in [1.54, 1.807) is 12.1 Å². The number of hydrogen-bond acceptors (Lipinski definition) is 4. The maximum absolute atomic E-state index is 13.0. The van der Waals surface area contributed by atoms with Gasteiger partial charge >= 0.3 is 0 Å². The lowest BCUT2D eigenvalue weighted by atomic mass is 10.2. The molecule has 2 aromatic rings. The highest BCUT2D eigenvalue weighted by Gasteiger charge is 2.15. The first-order chi connectivity index (χ1) is 8.31. The molecule has 1 aliphatic heterocycles. The van der Waals surface area contributed by atoms with Crippen molar-refractivity contribution >= 4 is 38.4 Å². The van der Waals surface area contributed by atoms with Gasteiger partial charge in [-0.05, 0) is 36.8 Å². The number of rotatable bonds is 3. The van der Waals surface area contributed by atoms with Gasteiger partial charge in [0, 0.05) is 11.8 Å². The first-order valence-electron chi connectivity index (χ1n) is 5.73. The van der Waals surface area contributed by atoms with Crippen LogP contribution in [0, 0.1) is 5.82 Å². The van der Waals surface area contributed by atoms with Crippen LogP contribution in [0.4, 0.5) is 9.52 Å². The Bertz CT molecular complexity index is 520. The van der Waals surface area contributed by atoms with Gasteiger partial charge in [0.05, 0.1) is 10.2 Å². The number of nitrogens with zero attached hydrogens (tertiary/aromatic N) is 1. The molecule has 1 atom stereocenters. The van der Waals surface area contributed by atoms with Crippen molar-refractivity contribution in [1.82, 2.24) is 4.98 Å². The van der Waals surface area contributed by atoms with Gasteiger partial charge in [0.15, 0.2) is 5.13 Å². The lowest BCUT2D eigenvalue weighted by Gasteiger charge is -2.07. The Balaban J connectivity index is 1.72. The van der Waals surface area contributed by atoms with Crippen LogP contribution in [-0.2, 0) is 0 Å². The van der Waals surface area contributed by atoms with Gasteiger partial charge in [0.25, 0.3) is 0 Å². The highest BCUT2D eigenvalue weighted by atomic mass is 32.2. The monoisotopic (exact) mass is 268 g/mol. The predicted molar refractivity (Wildman–Crippen MR) is 73.5 cm³/mol. The molecular formula is C12H13FN2S2. The van der Waals surface area contributed by atoms with Crippen molar-refractivity contribution in [2.24, 2.45) is 0 Å². The molecule has 1 N–H and O–H groups in total. The van der Waals surface area contributed by atoms with Crippen molar-refractivity contribution in [3.05, 3.63) is 24.0 Å². The third-order valence-corrected chi connectivity index (χ3v) is 5.23. The van der Waals surface area contributed by atoms with E-state index in [1.165, 1.54) is 36.0 Å². The van der Waals surface area contributed by atoms with Crippen LogP contribution in [0.2, 0.25) is 0 Å².